The van der Waals surface area contributed by atoms with Crippen LogP contribution in [0.2, 0.25) is 0 Å². The monoisotopic (exact) mass is 574 g/mol. The summed E-state index contributed by atoms with van der Waals surface area (Å²) in [5, 5.41) is 8.36. The van der Waals surface area contributed by atoms with Crippen molar-refractivity contribution in [1.29, 1.82) is 0 Å². The number of hydrogen-bond donors (Lipinski definition) is 0. The number of para-hydroxylation sites is 4. The van der Waals surface area contributed by atoms with Crippen molar-refractivity contribution in [2.45, 2.75) is 0 Å². The highest BCUT2D eigenvalue weighted by Gasteiger charge is 2.25. The summed E-state index contributed by atoms with van der Waals surface area (Å²) in [5.41, 5.74) is 9.94. The summed E-state index contributed by atoms with van der Waals surface area (Å²) in [4.78, 5) is 10.6. The molecule has 0 saturated carbocycles. The molecule has 5 aromatic heterocycles. The number of nitrogens with zero attached hydrogens (tertiary/aromatic N) is 4. The van der Waals surface area contributed by atoms with Gasteiger partial charge in [-0.1, -0.05) is 97.1 Å². The lowest BCUT2D eigenvalue weighted by molar-refractivity contribution is 0.666. The maximum Gasteiger partial charge on any atom is 0.236 e. The molecule has 0 unspecified atom stereocenters. The van der Waals surface area contributed by atoms with E-state index in [0.29, 0.717) is 11.5 Å². The molecular formula is C40H22N4O. The molecule has 45 heavy (non-hydrogen) atoms. The van der Waals surface area contributed by atoms with E-state index >= 15 is 0 Å². The van der Waals surface area contributed by atoms with Crippen molar-refractivity contribution in [1.82, 2.24) is 18.9 Å². The van der Waals surface area contributed by atoms with Gasteiger partial charge in [0.05, 0.1) is 27.6 Å². The van der Waals surface area contributed by atoms with Crippen LogP contribution in [0.5, 0.6) is 0 Å². The maximum absolute atomic E-state index is 6.43. The number of fused-ring (bicyclic) bond motifs is 13. The van der Waals surface area contributed by atoms with Gasteiger partial charge in [-0.3, -0.25) is 4.57 Å². The molecule has 0 aliphatic heterocycles. The van der Waals surface area contributed by atoms with Crippen LogP contribution >= 0.6 is 0 Å². The summed E-state index contributed by atoms with van der Waals surface area (Å²) in [6.45, 7) is 0. The molecule has 0 aliphatic rings. The number of rotatable bonds is 2. The molecule has 11 rings (SSSR count). The first-order chi connectivity index (χ1) is 22.3. The summed E-state index contributed by atoms with van der Waals surface area (Å²) in [6, 6.07) is 46.9. The quantitative estimate of drug-likeness (QED) is 0.206. The van der Waals surface area contributed by atoms with Gasteiger partial charge in [-0.15, -0.1) is 0 Å². The normalized spacial score (nSPS) is 12.4. The fraction of sp³-hybridized carbons (Fsp3) is 0. The molecule has 6 aromatic carbocycles. The van der Waals surface area contributed by atoms with Crippen molar-refractivity contribution >= 4 is 82.0 Å². The third kappa shape index (κ3) is 2.88. The molecule has 5 nitrogen and oxygen atoms in total. The fourth-order valence-corrected chi connectivity index (χ4v) is 7.65. The smallest absolute Gasteiger partial charge is 0.236 e. The zero-order valence-electron chi connectivity index (χ0n) is 23.9. The van der Waals surface area contributed by atoms with E-state index in [0.717, 1.165) is 38.8 Å². The van der Waals surface area contributed by atoms with Gasteiger partial charge in [-0.2, -0.15) is 0 Å². The summed E-state index contributed by atoms with van der Waals surface area (Å²) in [6.07, 6.45) is 0. The third-order valence-corrected chi connectivity index (χ3v) is 9.46. The molecular weight excluding hydrogens is 552 g/mol. The first-order valence-corrected chi connectivity index (χ1v) is 15.2. The Morgan fingerprint density at radius 1 is 0.489 bits per heavy atom. The highest BCUT2D eigenvalue weighted by molar-refractivity contribution is 6.35. The fourth-order valence-electron chi connectivity index (χ4n) is 7.65. The van der Waals surface area contributed by atoms with Crippen molar-refractivity contribution in [3.8, 4) is 17.2 Å². The van der Waals surface area contributed by atoms with E-state index in [-0.39, 0.29) is 0 Å². The average molecular weight is 575 g/mol. The van der Waals surface area contributed by atoms with E-state index < -0.39 is 0 Å². The van der Waals surface area contributed by atoms with Crippen molar-refractivity contribution in [3.05, 3.63) is 133 Å². The van der Waals surface area contributed by atoms with Crippen LogP contribution in [0.4, 0.5) is 0 Å². The summed E-state index contributed by atoms with van der Waals surface area (Å²) in [7, 11) is 0. The minimum Gasteiger partial charge on any atom is -0.452 e. The summed E-state index contributed by atoms with van der Waals surface area (Å²) in [5.74, 6) is 0.626. The summed E-state index contributed by atoms with van der Waals surface area (Å²) >= 11 is 0. The summed E-state index contributed by atoms with van der Waals surface area (Å²) < 4.78 is 11.1. The topological polar surface area (TPSA) is 48.3 Å². The van der Waals surface area contributed by atoms with Crippen molar-refractivity contribution in [3.63, 3.8) is 0 Å². The van der Waals surface area contributed by atoms with Crippen LogP contribution in [0.1, 0.15) is 0 Å². The second-order valence-electron chi connectivity index (χ2n) is 11.8. The Morgan fingerprint density at radius 3 is 1.91 bits per heavy atom. The van der Waals surface area contributed by atoms with Crippen molar-refractivity contribution in [2.75, 3.05) is 0 Å². The standard InChI is InChI=1S/C40H22N4O/c1-2-12-23(13-3-1)36-39-37(27-17-7-11-21-33(27)45-39)42-40(41-36)44-31-20-10-5-15-25(31)34-32(44)22-28-24-14-4-8-18-29(24)43-30-19-9-6-16-26(30)35(34)38(28)43/h1-22H. The van der Waals surface area contributed by atoms with Gasteiger partial charge in [-0.05, 0) is 36.4 Å². The van der Waals surface area contributed by atoms with E-state index in [9.17, 15) is 0 Å². The Bertz CT molecular complexity index is 2980. The van der Waals surface area contributed by atoms with E-state index in [1.165, 1.54) is 48.9 Å². The molecule has 0 amide bonds. The molecule has 208 valence electrons. The van der Waals surface area contributed by atoms with Crippen molar-refractivity contribution < 1.29 is 4.42 Å². The lowest BCUT2D eigenvalue weighted by Gasteiger charge is -2.09. The van der Waals surface area contributed by atoms with Gasteiger partial charge in [-0.25, -0.2) is 9.97 Å². The minimum atomic E-state index is 0.626. The van der Waals surface area contributed by atoms with Crippen LogP contribution in [-0.4, -0.2) is 18.9 Å². The van der Waals surface area contributed by atoms with Crippen molar-refractivity contribution in [2.24, 2.45) is 0 Å². The predicted molar refractivity (Wildman–Crippen MR) is 184 cm³/mol. The minimum absolute atomic E-state index is 0.626. The molecule has 5 heteroatoms. The van der Waals surface area contributed by atoms with Gasteiger partial charge in [0, 0.05) is 43.3 Å². The van der Waals surface area contributed by atoms with Crippen LogP contribution in [0.25, 0.3) is 99.2 Å². The first-order valence-electron chi connectivity index (χ1n) is 15.2. The molecule has 11 aromatic rings. The largest absolute Gasteiger partial charge is 0.452 e. The number of aromatic nitrogens is 4. The van der Waals surface area contributed by atoms with Gasteiger partial charge in [0.25, 0.3) is 0 Å². The van der Waals surface area contributed by atoms with Crippen LogP contribution in [0.3, 0.4) is 0 Å². The number of furan rings is 1. The zero-order valence-corrected chi connectivity index (χ0v) is 23.9. The van der Waals surface area contributed by atoms with E-state index in [1.54, 1.807) is 0 Å². The van der Waals surface area contributed by atoms with Crippen LogP contribution in [0, 0.1) is 0 Å². The Hall–Kier alpha value is -6.20. The number of hydrogen-bond acceptors (Lipinski definition) is 3. The van der Waals surface area contributed by atoms with E-state index in [1.807, 2.05) is 36.4 Å². The lowest BCUT2D eigenvalue weighted by atomic mass is 10.0. The molecule has 0 saturated heterocycles. The predicted octanol–water partition coefficient (Wildman–Crippen LogP) is 10.3. The van der Waals surface area contributed by atoms with Crippen LogP contribution in [-0.2, 0) is 0 Å². The molecule has 0 spiro atoms. The van der Waals surface area contributed by atoms with Crippen LogP contribution < -0.4 is 0 Å². The molecule has 0 aliphatic carbocycles. The zero-order chi connectivity index (χ0) is 29.2. The van der Waals surface area contributed by atoms with Gasteiger partial charge >= 0.3 is 0 Å². The van der Waals surface area contributed by atoms with Gasteiger partial charge in [0.15, 0.2) is 5.58 Å². The highest BCUT2D eigenvalue weighted by atomic mass is 16.3. The Labute approximate surface area is 255 Å². The maximum atomic E-state index is 6.43. The molecule has 0 bridgehead atoms. The lowest BCUT2D eigenvalue weighted by Crippen LogP contribution is -2.02. The molecule has 0 atom stereocenters. The van der Waals surface area contributed by atoms with Gasteiger partial charge in [0.2, 0.25) is 5.95 Å². The molecule has 0 N–H and O–H groups in total. The Morgan fingerprint density at radius 2 is 1.11 bits per heavy atom. The van der Waals surface area contributed by atoms with Gasteiger partial charge < -0.3 is 8.82 Å². The average Bonchev–Trinajstić information content (AvgIpc) is 3.83. The van der Waals surface area contributed by atoms with E-state index in [2.05, 4.69) is 106 Å². The number of benzene rings is 6. The third-order valence-electron chi connectivity index (χ3n) is 9.46. The van der Waals surface area contributed by atoms with Gasteiger partial charge in [0.1, 0.15) is 16.8 Å². The Kier molecular flexibility index (Phi) is 4.26. The Balaban J connectivity index is 1.38. The molecule has 0 fully saturated rings. The van der Waals surface area contributed by atoms with Crippen LogP contribution in [0.15, 0.2) is 138 Å². The molecule has 0 radical (unpaired) electrons. The second kappa shape index (κ2) is 8.24. The van der Waals surface area contributed by atoms with E-state index in [4.69, 9.17) is 14.4 Å². The second-order valence-corrected chi connectivity index (χ2v) is 11.8. The SMILES string of the molecule is c1ccc(-c2nc(-n3c4ccccc4c4c5c6ccccc6n6c7ccccc7c(cc43)c56)nc3c2oc2ccccc23)cc1. The molecule has 5 heterocycles. The highest BCUT2D eigenvalue weighted by Crippen LogP contribution is 2.46. The first kappa shape index (κ1) is 23.3.